The van der Waals surface area contributed by atoms with Crippen LogP contribution in [0, 0.1) is 5.92 Å². The van der Waals surface area contributed by atoms with Crippen LogP contribution >= 0.6 is 0 Å². The molecule has 78 valence electrons. The van der Waals surface area contributed by atoms with Crippen LogP contribution in [0.5, 0.6) is 0 Å². The van der Waals surface area contributed by atoms with Gasteiger partial charge in [-0.3, -0.25) is 0 Å². The third-order valence-corrected chi connectivity index (χ3v) is 2.18. The summed E-state index contributed by atoms with van der Waals surface area (Å²) in [6.45, 7) is 4.26. The first-order valence-electron chi connectivity index (χ1n) is 4.61. The molecule has 1 saturated heterocycles. The number of aliphatic hydroxyl groups excluding tert-OH is 2. The minimum absolute atomic E-state index is 0.000648. The molecule has 2 N–H and O–H groups in total. The van der Waals surface area contributed by atoms with E-state index in [1.54, 1.807) is 0 Å². The zero-order valence-electron chi connectivity index (χ0n) is 8.19. The molecule has 0 aromatic carbocycles. The maximum Gasteiger partial charge on any atom is 0.163 e. The molecule has 0 aliphatic carbocycles. The Morgan fingerprint density at radius 1 is 1.38 bits per heavy atom. The van der Waals surface area contributed by atoms with Crippen molar-refractivity contribution in [2.45, 2.75) is 32.2 Å². The molecule has 0 aromatic rings. The van der Waals surface area contributed by atoms with Gasteiger partial charge in [0.2, 0.25) is 0 Å². The molecule has 0 radical (unpaired) electrons. The van der Waals surface area contributed by atoms with Crippen molar-refractivity contribution in [1.29, 1.82) is 0 Å². The van der Waals surface area contributed by atoms with Gasteiger partial charge in [0.25, 0.3) is 0 Å². The summed E-state index contributed by atoms with van der Waals surface area (Å²) in [5.74, 6) is -0.609. The third-order valence-electron chi connectivity index (χ3n) is 2.18. The van der Waals surface area contributed by atoms with Gasteiger partial charge in [0, 0.05) is 19.1 Å². The summed E-state index contributed by atoms with van der Waals surface area (Å²) >= 11 is 0. The molecule has 4 heteroatoms. The molecule has 1 heterocycles. The fourth-order valence-electron chi connectivity index (χ4n) is 1.46. The summed E-state index contributed by atoms with van der Waals surface area (Å²) in [5, 5.41) is 17.7. The Labute approximate surface area is 78.5 Å². The first-order valence-corrected chi connectivity index (χ1v) is 4.61. The Kier molecular flexibility index (Phi) is 3.67. The largest absolute Gasteiger partial charge is 0.396 e. The molecule has 1 unspecified atom stereocenters. The van der Waals surface area contributed by atoms with Crippen LogP contribution in [0.25, 0.3) is 0 Å². The van der Waals surface area contributed by atoms with Gasteiger partial charge < -0.3 is 19.7 Å². The first kappa shape index (κ1) is 10.9. The molecule has 0 saturated carbocycles. The van der Waals surface area contributed by atoms with Crippen LogP contribution < -0.4 is 0 Å². The Morgan fingerprint density at radius 2 is 2.00 bits per heavy atom. The zero-order chi connectivity index (χ0) is 9.90. The Hall–Kier alpha value is -0.160. The van der Waals surface area contributed by atoms with E-state index in [1.165, 1.54) is 0 Å². The van der Waals surface area contributed by atoms with Crippen molar-refractivity contribution >= 4 is 0 Å². The van der Waals surface area contributed by atoms with Gasteiger partial charge in [-0.2, -0.15) is 0 Å². The second-order valence-corrected chi connectivity index (χ2v) is 3.92. The van der Waals surface area contributed by atoms with E-state index in [1.807, 2.05) is 13.8 Å². The maximum absolute atomic E-state index is 8.86. The van der Waals surface area contributed by atoms with Gasteiger partial charge in [-0.05, 0) is 20.3 Å². The van der Waals surface area contributed by atoms with Gasteiger partial charge in [0.1, 0.15) is 0 Å². The second kappa shape index (κ2) is 4.37. The van der Waals surface area contributed by atoms with Crippen LogP contribution in [-0.2, 0) is 9.47 Å². The van der Waals surface area contributed by atoms with Gasteiger partial charge in [0.15, 0.2) is 5.79 Å². The molecular formula is C9H18O4. The molecule has 0 aromatic heterocycles. The van der Waals surface area contributed by atoms with Gasteiger partial charge >= 0.3 is 0 Å². The van der Waals surface area contributed by atoms with E-state index in [2.05, 4.69) is 0 Å². The minimum Gasteiger partial charge on any atom is -0.396 e. The summed E-state index contributed by atoms with van der Waals surface area (Å²) < 4.78 is 10.9. The minimum atomic E-state index is -0.514. The highest BCUT2D eigenvalue weighted by Crippen LogP contribution is 2.25. The number of aliphatic hydroxyl groups is 2. The van der Waals surface area contributed by atoms with E-state index >= 15 is 0 Å². The van der Waals surface area contributed by atoms with Gasteiger partial charge in [0.05, 0.1) is 12.7 Å². The molecule has 0 spiro atoms. The Bertz CT molecular complexity index is 154. The highest BCUT2D eigenvalue weighted by Gasteiger charge is 2.33. The molecule has 4 nitrogen and oxygen atoms in total. The lowest BCUT2D eigenvalue weighted by atomic mass is 10.0. The SMILES string of the molecule is CC1(C)OCC(CC(CO)CO)O1. The highest BCUT2D eigenvalue weighted by atomic mass is 16.7. The molecule has 1 aliphatic heterocycles. The average molecular weight is 190 g/mol. The van der Waals surface area contributed by atoms with Crippen LogP contribution in [0.15, 0.2) is 0 Å². The Balaban J connectivity index is 2.31. The lowest BCUT2D eigenvalue weighted by molar-refractivity contribution is -0.141. The molecule has 1 rings (SSSR count). The molecular weight excluding hydrogens is 172 g/mol. The number of ether oxygens (including phenoxy) is 2. The average Bonchev–Trinajstić information content (AvgIpc) is 2.41. The normalized spacial score (nSPS) is 27.0. The molecule has 1 atom stereocenters. The monoisotopic (exact) mass is 190 g/mol. The molecule has 1 aliphatic rings. The highest BCUT2D eigenvalue weighted by molar-refractivity contribution is 4.73. The predicted octanol–water partition coefficient (Wildman–Crippen LogP) is 0.129. The van der Waals surface area contributed by atoms with Crippen molar-refractivity contribution in [3.05, 3.63) is 0 Å². The summed E-state index contributed by atoms with van der Waals surface area (Å²) in [4.78, 5) is 0. The van der Waals surface area contributed by atoms with E-state index in [4.69, 9.17) is 19.7 Å². The van der Waals surface area contributed by atoms with Crippen LogP contribution in [0.1, 0.15) is 20.3 Å². The molecule has 13 heavy (non-hydrogen) atoms. The van der Waals surface area contributed by atoms with Crippen LogP contribution in [0.3, 0.4) is 0 Å². The van der Waals surface area contributed by atoms with Crippen LogP contribution in [0.2, 0.25) is 0 Å². The summed E-state index contributed by atoms with van der Waals surface area (Å²) in [6, 6.07) is 0. The summed E-state index contributed by atoms with van der Waals surface area (Å²) in [5.41, 5.74) is 0. The lowest BCUT2D eigenvalue weighted by Gasteiger charge is -2.19. The van der Waals surface area contributed by atoms with Crippen molar-refractivity contribution in [1.82, 2.24) is 0 Å². The van der Waals surface area contributed by atoms with Crippen molar-refractivity contribution < 1.29 is 19.7 Å². The number of hydrogen-bond donors (Lipinski definition) is 2. The number of hydrogen-bond acceptors (Lipinski definition) is 4. The zero-order valence-corrected chi connectivity index (χ0v) is 8.19. The lowest BCUT2D eigenvalue weighted by Crippen LogP contribution is -2.24. The first-order chi connectivity index (χ1) is 6.07. The summed E-state index contributed by atoms with van der Waals surface area (Å²) in [6.07, 6.45) is 0.649. The molecule has 0 bridgehead atoms. The maximum atomic E-state index is 8.86. The fraction of sp³-hybridized carbons (Fsp3) is 1.00. The summed E-state index contributed by atoms with van der Waals surface area (Å²) in [7, 11) is 0. The standard InChI is InChI=1S/C9H18O4/c1-9(2)12-6-8(13-9)3-7(4-10)5-11/h7-8,10-11H,3-6H2,1-2H3. The van der Waals surface area contributed by atoms with E-state index in [0.717, 1.165) is 0 Å². The van der Waals surface area contributed by atoms with E-state index in [9.17, 15) is 0 Å². The second-order valence-electron chi connectivity index (χ2n) is 3.92. The molecule has 0 amide bonds. The van der Waals surface area contributed by atoms with Crippen LogP contribution in [0.4, 0.5) is 0 Å². The Morgan fingerprint density at radius 3 is 2.38 bits per heavy atom. The predicted molar refractivity (Wildman–Crippen MR) is 47.2 cm³/mol. The van der Waals surface area contributed by atoms with Crippen molar-refractivity contribution in [3.63, 3.8) is 0 Å². The smallest absolute Gasteiger partial charge is 0.163 e. The van der Waals surface area contributed by atoms with Gasteiger partial charge in [-0.15, -0.1) is 0 Å². The van der Waals surface area contributed by atoms with Crippen molar-refractivity contribution in [2.75, 3.05) is 19.8 Å². The van der Waals surface area contributed by atoms with Crippen molar-refractivity contribution in [3.8, 4) is 0 Å². The van der Waals surface area contributed by atoms with Crippen LogP contribution in [-0.4, -0.2) is 41.9 Å². The quantitative estimate of drug-likeness (QED) is 0.661. The van der Waals surface area contributed by atoms with Gasteiger partial charge in [-0.25, -0.2) is 0 Å². The fourth-order valence-corrected chi connectivity index (χ4v) is 1.46. The molecule has 1 fully saturated rings. The van der Waals surface area contributed by atoms with E-state index in [-0.39, 0.29) is 25.2 Å². The third kappa shape index (κ3) is 3.23. The van der Waals surface area contributed by atoms with Gasteiger partial charge in [-0.1, -0.05) is 0 Å². The van der Waals surface area contributed by atoms with E-state index in [0.29, 0.717) is 13.0 Å². The topological polar surface area (TPSA) is 58.9 Å². The number of rotatable bonds is 4. The van der Waals surface area contributed by atoms with E-state index < -0.39 is 5.79 Å². The van der Waals surface area contributed by atoms with Crippen molar-refractivity contribution in [2.24, 2.45) is 5.92 Å².